The van der Waals surface area contributed by atoms with Gasteiger partial charge >= 0.3 is 6.61 Å². The molecule has 0 aliphatic carbocycles. The van der Waals surface area contributed by atoms with E-state index < -0.39 is 12.7 Å². The molecule has 3 rings (SSSR count). The molecule has 0 saturated carbocycles. The number of likely N-dealkylation sites (N-methyl/N-ethyl adjacent to an activating group) is 1. The number of fused-ring (bicyclic) bond motifs is 1. The Kier molecular flexibility index (Phi) is 5.89. The zero-order chi connectivity index (χ0) is 20.3. The van der Waals surface area contributed by atoms with Crippen LogP contribution in [0.4, 0.5) is 20.2 Å². The van der Waals surface area contributed by atoms with Crippen LogP contribution >= 0.6 is 0 Å². The molecule has 0 bridgehead atoms. The van der Waals surface area contributed by atoms with Crippen molar-refractivity contribution in [2.24, 2.45) is 0 Å². The Morgan fingerprint density at radius 3 is 2.57 bits per heavy atom. The van der Waals surface area contributed by atoms with Crippen LogP contribution in [0.15, 0.2) is 48.5 Å². The summed E-state index contributed by atoms with van der Waals surface area (Å²) < 4.78 is 28.8. The second kappa shape index (κ2) is 8.35. The number of alkyl halides is 2. The molecule has 0 saturated heterocycles. The van der Waals surface area contributed by atoms with E-state index in [4.69, 9.17) is 0 Å². The molecule has 1 unspecified atom stereocenters. The highest BCUT2D eigenvalue weighted by Crippen LogP contribution is 2.29. The second-order valence-corrected chi connectivity index (χ2v) is 6.76. The van der Waals surface area contributed by atoms with Crippen molar-refractivity contribution in [2.45, 2.75) is 26.1 Å². The number of quaternary nitrogens is 1. The normalized spacial score (nSPS) is 15.6. The smallest absolute Gasteiger partial charge is 0.387 e. The first-order chi connectivity index (χ1) is 13.3. The van der Waals surface area contributed by atoms with Crippen LogP contribution in [-0.4, -0.2) is 38.1 Å². The minimum Gasteiger partial charge on any atom is -0.435 e. The van der Waals surface area contributed by atoms with Gasteiger partial charge in [0, 0.05) is 5.56 Å². The molecule has 8 heteroatoms. The zero-order valence-corrected chi connectivity index (χ0v) is 15.6. The number of halogens is 2. The Labute approximate surface area is 161 Å². The van der Waals surface area contributed by atoms with Gasteiger partial charge in [0.15, 0.2) is 6.04 Å². The van der Waals surface area contributed by atoms with Crippen molar-refractivity contribution >= 4 is 23.2 Å². The molecule has 2 atom stereocenters. The maximum atomic E-state index is 13.0. The fraction of sp³-hybridized carbons (Fsp3) is 0.300. The number of anilines is 2. The number of amides is 2. The van der Waals surface area contributed by atoms with Crippen LogP contribution in [0.2, 0.25) is 0 Å². The predicted octanol–water partition coefficient (Wildman–Crippen LogP) is 1.68. The number of nitrogens with one attached hydrogen (secondary N) is 2. The number of carbonyl (C=O) groups is 2. The molecule has 2 amide bonds. The molecule has 6 nitrogen and oxygen atoms in total. The number of nitrogens with zero attached hydrogens (tertiary/aromatic N) is 1. The summed E-state index contributed by atoms with van der Waals surface area (Å²) in [6.07, 6.45) is 0. The highest BCUT2D eigenvalue weighted by molar-refractivity contribution is 6.10. The van der Waals surface area contributed by atoms with Crippen molar-refractivity contribution in [2.75, 3.05) is 23.8 Å². The molecule has 148 valence electrons. The fourth-order valence-electron chi connectivity index (χ4n) is 3.14. The van der Waals surface area contributed by atoms with Crippen molar-refractivity contribution in [1.29, 1.82) is 0 Å². The number of ether oxygens (including phenoxy) is 1. The van der Waals surface area contributed by atoms with Crippen LogP contribution in [0.1, 0.15) is 12.5 Å². The lowest BCUT2D eigenvalue weighted by Crippen LogP contribution is -3.12. The van der Waals surface area contributed by atoms with Gasteiger partial charge in [0.05, 0.1) is 18.4 Å². The van der Waals surface area contributed by atoms with Crippen molar-refractivity contribution in [1.82, 2.24) is 0 Å². The van der Waals surface area contributed by atoms with E-state index in [9.17, 15) is 18.4 Å². The van der Waals surface area contributed by atoms with Crippen LogP contribution in [-0.2, 0) is 16.1 Å². The molecule has 2 aromatic carbocycles. The molecule has 0 spiro atoms. The van der Waals surface area contributed by atoms with E-state index in [1.165, 1.54) is 17.0 Å². The lowest BCUT2D eigenvalue weighted by molar-refractivity contribution is -0.908. The molecule has 0 aromatic heterocycles. The SMILES string of the molecule is C[C@H](C(=O)N1CC(=O)Nc2ccccc21)[NH+](C)Cc1ccc(OC(F)F)cc1. The summed E-state index contributed by atoms with van der Waals surface area (Å²) in [6, 6.07) is 13.1. The van der Waals surface area contributed by atoms with E-state index >= 15 is 0 Å². The first kappa shape index (κ1) is 19.8. The topological polar surface area (TPSA) is 63.1 Å². The standard InChI is InChI=1S/C20H21F2N3O3/c1-13(24(2)11-14-7-9-15(10-8-14)28-20(21)22)19(27)25-12-18(26)23-16-5-3-4-6-17(16)25/h3-10,13,20H,11-12H2,1-2H3,(H,23,26)/p+1/t13-/m1/s1. The highest BCUT2D eigenvalue weighted by Gasteiger charge is 2.33. The number of hydrogen-bond acceptors (Lipinski definition) is 3. The maximum Gasteiger partial charge on any atom is 0.387 e. The predicted molar refractivity (Wildman–Crippen MR) is 101 cm³/mol. The van der Waals surface area contributed by atoms with E-state index in [0.29, 0.717) is 17.9 Å². The first-order valence-electron chi connectivity index (χ1n) is 8.91. The number of hydrogen-bond donors (Lipinski definition) is 2. The highest BCUT2D eigenvalue weighted by atomic mass is 19.3. The van der Waals surface area contributed by atoms with Crippen LogP contribution in [0.3, 0.4) is 0 Å². The van der Waals surface area contributed by atoms with Gasteiger partial charge in [0.2, 0.25) is 5.91 Å². The van der Waals surface area contributed by atoms with Crippen LogP contribution in [0, 0.1) is 0 Å². The molecule has 1 aliphatic heterocycles. The number of rotatable bonds is 6. The monoisotopic (exact) mass is 390 g/mol. The van der Waals surface area contributed by atoms with Gasteiger partial charge in [0.1, 0.15) is 18.8 Å². The summed E-state index contributed by atoms with van der Waals surface area (Å²) in [5.41, 5.74) is 2.18. The molecule has 1 heterocycles. The number of para-hydroxylation sites is 2. The summed E-state index contributed by atoms with van der Waals surface area (Å²) >= 11 is 0. The summed E-state index contributed by atoms with van der Waals surface area (Å²) in [4.78, 5) is 27.4. The third-order valence-corrected chi connectivity index (χ3v) is 4.78. The van der Waals surface area contributed by atoms with Gasteiger partial charge in [-0.2, -0.15) is 8.78 Å². The summed E-state index contributed by atoms with van der Waals surface area (Å²) in [7, 11) is 1.88. The molecular formula is C20H22F2N3O3+. The Morgan fingerprint density at radius 2 is 1.89 bits per heavy atom. The largest absolute Gasteiger partial charge is 0.435 e. The molecule has 1 aliphatic rings. The summed E-state index contributed by atoms with van der Waals surface area (Å²) in [6.45, 7) is -0.556. The minimum absolute atomic E-state index is 0.0207. The average Bonchev–Trinajstić information content (AvgIpc) is 2.67. The van der Waals surface area contributed by atoms with Gasteiger partial charge in [-0.1, -0.05) is 12.1 Å². The number of benzene rings is 2. The van der Waals surface area contributed by atoms with E-state index in [1.54, 1.807) is 37.3 Å². The lowest BCUT2D eigenvalue weighted by atomic mass is 10.1. The Balaban J connectivity index is 1.68. The van der Waals surface area contributed by atoms with E-state index in [-0.39, 0.29) is 24.1 Å². The Bertz CT molecular complexity index is 858. The molecule has 0 fully saturated rings. The average molecular weight is 390 g/mol. The maximum absolute atomic E-state index is 13.0. The lowest BCUT2D eigenvalue weighted by Gasteiger charge is -2.32. The minimum atomic E-state index is -2.86. The van der Waals surface area contributed by atoms with Crippen LogP contribution in [0.5, 0.6) is 5.75 Å². The molecular weight excluding hydrogens is 368 g/mol. The van der Waals surface area contributed by atoms with Gasteiger partial charge in [-0.15, -0.1) is 0 Å². The second-order valence-electron chi connectivity index (χ2n) is 6.76. The van der Waals surface area contributed by atoms with E-state index in [1.807, 2.05) is 13.1 Å². The van der Waals surface area contributed by atoms with Crippen molar-refractivity contribution < 1.29 is 28.0 Å². The third kappa shape index (κ3) is 4.45. The van der Waals surface area contributed by atoms with Gasteiger partial charge in [-0.3, -0.25) is 14.5 Å². The number of carbonyl (C=O) groups excluding carboxylic acids is 2. The van der Waals surface area contributed by atoms with E-state index in [0.717, 1.165) is 10.5 Å². The van der Waals surface area contributed by atoms with Crippen molar-refractivity contribution in [3.8, 4) is 5.75 Å². The van der Waals surface area contributed by atoms with Crippen molar-refractivity contribution in [3.63, 3.8) is 0 Å². The third-order valence-electron chi connectivity index (χ3n) is 4.78. The van der Waals surface area contributed by atoms with Crippen LogP contribution in [0.25, 0.3) is 0 Å². The molecule has 0 radical (unpaired) electrons. The van der Waals surface area contributed by atoms with E-state index in [2.05, 4.69) is 10.1 Å². The van der Waals surface area contributed by atoms with Gasteiger partial charge in [-0.05, 0) is 43.3 Å². The van der Waals surface area contributed by atoms with Gasteiger partial charge in [-0.25, -0.2) is 0 Å². The fourth-order valence-corrected chi connectivity index (χ4v) is 3.14. The van der Waals surface area contributed by atoms with Gasteiger partial charge in [0.25, 0.3) is 5.91 Å². The molecule has 2 N–H and O–H groups in total. The molecule has 28 heavy (non-hydrogen) atoms. The van der Waals surface area contributed by atoms with Crippen LogP contribution < -0.4 is 19.9 Å². The molecule has 2 aromatic rings. The Morgan fingerprint density at radius 1 is 1.21 bits per heavy atom. The quantitative estimate of drug-likeness (QED) is 0.789. The summed E-state index contributed by atoms with van der Waals surface area (Å²) in [5, 5.41) is 2.77. The zero-order valence-electron chi connectivity index (χ0n) is 15.6. The Hall–Kier alpha value is -3.00. The van der Waals surface area contributed by atoms with Gasteiger partial charge < -0.3 is 15.0 Å². The first-order valence-corrected chi connectivity index (χ1v) is 8.91. The van der Waals surface area contributed by atoms with Crippen molar-refractivity contribution in [3.05, 3.63) is 54.1 Å². The summed E-state index contributed by atoms with van der Waals surface area (Å²) in [5.74, 6) is -0.291.